The fourth-order valence-electron chi connectivity index (χ4n) is 1.12. The van der Waals surface area contributed by atoms with Gasteiger partial charge in [0.25, 0.3) is 0 Å². The Labute approximate surface area is 93.4 Å². The molecule has 1 aromatic rings. The van der Waals surface area contributed by atoms with Crippen molar-refractivity contribution >= 4 is 23.2 Å². The molecule has 0 heterocycles. The van der Waals surface area contributed by atoms with Gasteiger partial charge in [0.1, 0.15) is 5.75 Å². The third-order valence-electron chi connectivity index (χ3n) is 1.81. The van der Waals surface area contributed by atoms with Crippen LogP contribution in [0.15, 0.2) is 18.2 Å². The van der Waals surface area contributed by atoms with E-state index in [4.69, 9.17) is 22.1 Å². The van der Waals surface area contributed by atoms with Crippen molar-refractivity contribution < 1.29 is 9.53 Å². The van der Waals surface area contributed by atoms with Crippen molar-refractivity contribution in [2.45, 2.75) is 6.42 Å². The predicted molar refractivity (Wildman–Crippen MR) is 60.3 cm³/mol. The molecule has 0 aliphatic heterocycles. The van der Waals surface area contributed by atoms with Crippen LogP contribution in [0.1, 0.15) is 6.42 Å². The predicted octanol–water partition coefficient (Wildman–Crippen LogP) is 1.64. The molecule has 0 fully saturated rings. The van der Waals surface area contributed by atoms with Gasteiger partial charge >= 0.3 is 0 Å². The summed E-state index contributed by atoms with van der Waals surface area (Å²) in [5.41, 5.74) is 5.82. The fourth-order valence-corrected chi connectivity index (χ4v) is 1.29. The number of ether oxygens (including phenoxy) is 1. The zero-order chi connectivity index (χ0) is 11.3. The molecule has 0 bridgehead atoms. The highest BCUT2D eigenvalue weighted by Crippen LogP contribution is 2.27. The van der Waals surface area contributed by atoms with Gasteiger partial charge in [-0.2, -0.15) is 0 Å². The van der Waals surface area contributed by atoms with Gasteiger partial charge in [0.05, 0.1) is 12.8 Å². The van der Waals surface area contributed by atoms with Gasteiger partial charge in [-0.3, -0.25) is 4.79 Å². The first-order valence-corrected chi connectivity index (χ1v) is 4.88. The van der Waals surface area contributed by atoms with Crippen LogP contribution < -0.4 is 15.8 Å². The Bertz CT molecular complexity index is 355. The monoisotopic (exact) mass is 228 g/mol. The van der Waals surface area contributed by atoms with Crippen LogP contribution in [-0.4, -0.2) is 19.6 Å². The van der Waals surface area contributed by atoms with E-state index in [1.807, 2.05) is 0 Å². The fraction of sp³-hybridized carbons (Fsp3) is 0.300. The maximum absolute atomic E-state index is 11.3. The molecule has 5 heteroatoms. The van der Waals surface area contributed by atoms with Crippen molar-refractivity contribution in [3.63, 3.8) is 0 Å². The molecule has 1 rings (SSSR count). The summed E-state index contributed by atoms with van der Waals surface area (Å²) in [6, 6.07) is 5.02. The lowest BCUT2D eigenvalue weighted by Crippen LogP contribution is -2.16. The van der Waals surface area contributed by atoms with E-state index >= 15 is 0 Å². The van der Waals surface area contributed by atoms with Crippen LogP contribution in [0.3, 0.4) is 0 Å². The summed E-state index contributed by atoms with van der Waals surface area (Å²) >= 11 is 5.80. The summed E-state index contributed by atoms with van der Waals surface area (Å²) in [5.74, 6) is 0.419. The number of benzene rings is 1. The van der Waals surface area contributed by atoms with Crippen LogP contribution >= 0.6 is 11.6 Å². The highest BCUT2D eigenvalue weighted by atomic mass is 35.5. The van der Waals surface area contributed by atoms with E-state index in [0.29, 0.717) is 23.0 Å². The molecule has 15 heavy (non-hydrogen) atoms. The van der Waals surface area contributed by atoms with Crippen LogP contribution in [0.5, 0.6) is 5.75 Å². The molecule has 1 amide bonds. The number of hydrogen-bond acceptors (Lipinski definition) is 3. The molecule has 0 radical (unpaired) electrons. The van der Waals surface area contributed by atoms with E-state index in [1.165, 1.54) is 7.11 Å². The second-order valence-corrected chi connectivity index (χ2v) is 3.37. The maximum Gasteiger partial charge on any atom is 0.225 e. The van der Waals surface area contributed by atoms with Crippen LogP contribution in [0.2, 0.25) is 5.02 Å². The van der Waals surface area contributed by atoms with E-state index < -0.39 is 0 Å². The van der Waals surface area contributed by atoms with Crippen molar-refractivity contribution in [2.24, 2.45) is 5.73 Å². The van der Waals surface area contributed by atoms with Crippen LogP contribution in [0.25, 0.3) is 0 Å². The number of anilines is 1. The van der Waals surface area contributed by atoms with Gasteiger partial charge in [0.15, 0.2) is 0 Å². The topological polar surface area (TPSA) is 64.3 Å². The lowest BCUT2D eigenvalue weighted by atomic mass is 10.2. The van der Waals surface area contributed by atoms with Gasteiger partial charge in [-0.1, -0.05) is 11.6 Å². The first-order valence-electron chi connectivity index (χ1n) is 4.51. The van der Waals surface area contributed by atoms with E-state index in [0.717, 1.165) is 0 Å². The Morgan fingerprint density at radius 3 is 2.93 bits per heavy atom. The molecule has 0 spiro atoms. The molecule has 4 nitrogen and oxygen atoms in total. The highest BCUT2D eigenvalue weighted by molar-refractivity contribution is 6.31. The van der Waals surface area contributed by atoms with Gasteiger partial charge in [-0.15, -0.1) is 0 Å². The SMILES string of the molecule is COc1ccc(Cl)cc1NC(=O)CCN. The molecule has 82 valence electrons. The summed E-state index contributed by atoms with van der Waals surface area (Å²) < 4.78 is 5.07. The van der Waals surface area contributed by atoms with Gasteiger partial charge in [0, 0.05) is 18.0 Å². The molecule has 0 saturated heterocycles. The Morgan fingerprint density at radius 2 is 2.33 bits per heavy atom. The first-order chi connectivity index (χ1) is 7.17. The molecule has 0 atom stereocenters. The molecule has 0 aliphatic rings. The lowest BCUT2D eigenvalue weighted by molar-refractivity contribution is -0.116. The lowest BCUT2D eigenvalue weighted by Gasteiger charge is -2.09. The minimum absolute atomic E-state index is 0.155. The highest BCUT2D eigenvalue weighted by Gasteiger charge is 2.07. The Morgan fingerprint density at radius 1 is 1.60 bits per heavy atom. The van der Waals surface area contributed by atoms with E-state index in [2.05, 4.69) is 5.32 Å². The number of rotatable bonds is 4. The number of carbonyl (C=O) groups excluding carboxylic acids is 1. The number of nitrogens with one attached hydrogen (secondary N) is 1. The molecular weight excluding hydrogens is 216 g/mol. The quantitative estimate of drug-likeness (QED) is 0.824. The summed E-state index contributed by atoms with van der Waals surface area (Å²) in [5, 5.41) is 3.22. The van der Waals surface area contributed by atoms with E-state index in [9.17, 15) is 4.79 Å². The van der Waals surface area contributed by atoms with E-state index in [1.54, 1.807) is 18.2 Å². The average molecular weight is 229 g/mol. The van der Waals surface area contributed by atoms with Crippen molar-refractivity contribution in [3.05, 3.63) is 23.2 Å². The van der Waals surface area contributed by atoms with Crippen LogP contribution in [0.4, 0.5) is 5.69 Å². The second kappa shape index (κ2) is 5.58. The van der Waals surface area contributed by atoms with Crippen molar-refractivity contribution in [1.82, 2.24) is 0 Å². The maximum atomic E-state index is 11.3. The summed E-state index contributed by atoms with van der Waals surface area (Å²) in [7, 11) is 1.53. The normalized spacial score (nSPS) is 9.80. The Hall–Kier alpha value is -1.26. The Balaban J connectivity index is 2.82. The summed E-state index contributed by atoms with van der Waals surface area (Å²) in [6.45, 7) is 0.314. The summed E-state index contributed by atoms with van der Waals surface area (Å²) in [4.78, 5) is 11.3. The van der Waals surface area contributed by atoms with E-state index in [-0.39, 0.29) is 12.3 Å². The van der Waals surface area contributed by atoms with Gasteiger partial charge in [-0.05, 0) is 18.2 Å². The number of amides is 1. The standard InChI is InChI=1S/C10H13ClN2O2/c1-15-9-3-2-7(11)6-8(9)13-10(14)4-5-12/h2-3,6H,4-5,12H2,1H3,(H,13,14). The zero-order valence-electron chi connectivity index (χ0n) is 8.42. The molecule has 0 unspecified atom stereocenters. The minimum Gasteiger partial charge on any atom is -0.495 e. The third kappa shape index (κ3) is 3.42. The minimum atomic E-state index is -0.155. The Kier molecular flexibility index (Phi) is 4.39. The molecule has 0 aromatic heterocycles. The second-order valence-electron chi connectivity index (χ2n) is 2.93. The number of nitrogens with two attached hydrogens (primary N) is 1. The largest absolute Gasteiger partial charge is 0.495 e. The number of methoxy groups -OCH3 is 1. The van der Waals surface area contributed by atoms with Gasteiger partial charge in [0.2, 0.25) is 5.91 Å². The van der Waals surface area contributed by atoms with Crippen molar-refractivity contribution in [3.8, 4) is 5.75 Å². The molecule has 0 aliphatic carbocycles. The zero-order valence-corrected chi connectivity index (χ0v) is 9.17. The first kappa shape index (κ1) is 11.8. The van der Waals surface area contributed by atoms with Gasteiger partial charge < -0.3 is 15.8 Å². The van der Waals surface area contributed by atoms with Crippen molar-refractivity contribution in [1.29, 1.82) is 0 Å². The van der Waals surface area contributed by atoms with Crippen molar-refractivity contribution in [2.75, 3.05) is 19.0 Å². The smallest absolute Gasteiger partial charge is 0.225 e. The molecular formula is C10H13ClN2O2. The summed E-state index contributed by atoms with van der Waals surface area (Å²) in [6.07, 6.45) is 0.273. The van der Waals surface area contributed by atoms with Gasteiger partial charge in [-0.25, -0.2) is 0 Å². The number of carbonyl (C=O) groups is 1. The molecule has 3 N–H and O–H groups in total. The number of hydrogen-bond donors (Lipinski definition) is 2. The van der Waals surface area contributed by atoms with Crippen LogP contribution in [-0.2, 0) is 4.79 Å². The molecule has 1 aromatic carbocycles. The third-order valence-corrected chi connectivity index (χ3v) is 2.04. The van der Waals surface area contributed by atoms with Crippen LogP contribution in [0, 0.1) is 0 Å². The molecule has 0 saturated carbocycles. The average Bonchev–Trinajstić information content (AvgIpc) is 2.18. The number of halogens is 1.